The van der Waals surface area contributed by atoms with Crippen LogP contribution in [-0.4, -0.2) is 34.2 Å². The fourth-order valence-corrected chi connectivity index (χ4v) is 4.77. The number of nitrogen functional groups attached to an aromatic ring is 1. The van der Waals surface area contributed by atoms with Crippen molar-refractivity contribution in [3.8, 4) is 28.3 Å². The Morgan fingerprint density at radius 3 is 2.67 bits per heavy atom. The van der Waals surface area contributed by atoms with Gasteiger partial charge in [-0.25, -0.2) is 19.0 Å². The van der Waals surface area contributed by atoms with Gasteiger partial charge in [-0.2, -0.15) is 5.10 Å². The van der Waals surface area contributed by atoms with Gasteiger partial charge < -0.3 is 15.2 Å². The van der Waals surface area contributed by atoms with E-state index in [1.54, 1.807) is 10.9 Å². The molecule has 0 amide bonds. The van der Waals surface area contributed by atoms with E-state index in [2.05, 4.69) is 31.5 Å². The van der Waals surface area contributed by atoms with Crippen molar-refractivity contribution in [1.29, 1.82) is 0 Å². The van der Waals surface area contributed by atoms with Crippen LogP contribution in [0, 0.1) is 12.7 Å². The van der Waals surface area contributed by atoms with Gasteiger partial charge in [-0.05, 0) is 56.3 Å². The van der Waals surface area contributed by atoms with Crippen molar-refractivity contribution in [3.63, 3.8) is 0 Å². The third-order valence-electron chi connectivity index (χ3n) is 6.37. The number of benzene rings is 1. The Kier molecular flexibility index (Phi) is 4.92. The summed E-state index contributed by atoms with van der Waals surface area (Å²) in [6.45, 7) is 3.99. The molecule has 8 nitrogen and oxygen atoms in total. The number of nitrogens with two attached hydrogens (primary N) is 1. The highest BCUT2D eigenvalue weighted by Gasteiger charge is 2.25. The van der Waals surface area contributed by atoms with Crippen molar-refractivity contribution >= 4 is 22.4 Å². The lowest BCUT2D eigenvalue weighted by Gasteiger charge is -2.15. The Morgan fingerprint density at radius 1 is 1.00 bits per heavy atom. The van der Waals surface area contributed by atoms with Gasteiger partial charge in [0.2, 0.25) is 0 Å². The molecule has 0 spiro atoms. The van der Waals surface area contributed by atoms with Crippen LogP contribution in [0.1, 0.15) is 24.2 Å². The van der Waals surface area contributed by atoms with Crippen LogP contribution < -0.4 is 5.73 Å². The molecule has 6 rings (SSSR count). The van der Waals surface area contributed by atoms with E-state index in [4.69, 9.17) is 10.8 Å². The summed E-state index contributed by atoms with van der Waals surface area (Å²) in [7, 11) is 0. The number of hydrogen-bond acceptors (Lipinski definition) is 6. The van der Waals surface area contributed by atoms with Gasteiger partial charge in [0.1, 0.15) is 29.4 Å². The minimum Gasteiger partial charge on any atom is -0.508 e. The molecule has 5 heterocycles. The number of phenolic OH excluding ortho intramolecular Hbond substituents is 1. The molecule has 1 aromatic carbocycles. The zero-order valence-electron chi connectivity index (χ0n) is 19.6. The van der Waals surface area contributed by atoms with Crippen LogP contribution in [0.2, 0.25) is 0 Å². The SMILES string of the molecule is Cc1cc(-c2c(C(C)n3nc(-c4cc(O)cc(F)c4)c4c(N)ncnc43)cc3ccccn23)ccn1. The number of aromatic hydroxyl groups is 1. The number of fused-ring (bicyclic) bond motifs is 2. The quantitative estimate of drug-likeness (QED) is 0.362. The molecule has 5 aromatic heterocycles. The van der Waals surface area contributed by atoms with Crippen LogP contribution in [0.15, 0.2) is 73.3 Å². The summed E-state index contributed by atoms with van der Waals surface area (Å²) >= 11 is 0. The van der Waals surface area contributed by atoms with E-state index in [1.807, 2.05) is 44.3 Å². The molecule has 6 aromatic rings. The molecule has 9 heteroatoms. The van der Waals surface area contributed by atoms with Crippen molar-refractivity contribution in [2.24, 2.45) is 0 Å². The maximum Gasteiger partial charge on any atom is 0.164 e. The van der Waals surface area contributed by atoms with Gasteiger partial charge in [0, 0.05) is 46.4 Å². The minimum atomic E-state index is -0.579. The molecule has 0 fully saturated rings. The number of rotatable bonds is 4. The van der Waals surface area contributed by atoms with Crippen LogP contribution in [0.3, 0.4) is 0 Å². The predicted octanol–water partition coefficient (Wildman–Crippen LogP) is 5.15. The van der Waals surface area contributed by atoms with Crippen LogP contribution in [0.5, 0.6) is 5.75 Å². The summed E-state index contributed by atoms with van der Waals surface area (Å²) in [5, 5.41) is 15.3. The maximum absolute atomic E-state index is 14.2. The average Bonchev–Trinajstić information content (AvgIpc) is 3.43. The van der Waals surface area contributed by atoms with Gasteiger partial charge in [-0.1, -0.05) is 6.07 Å². The van der Waals surface area contributed by atoms with E-state index >= 15 is 0 Å². The molecule has 36 heavy (non-hydrogen) atoms. The molecular weight excluding hydrogens is 457 g/mol. The monoisotopic (exact) mass is 479 g/mol. The second-order valence-electron chi connectivity index (χ2n) is 8.75. The second-order valence-corrected chi connectivity index (χ2v) is 8.75. The van der Waals surface area contributed by atoms with Crippen LogP contribution in [0.4, 0.5) is 10.2 Å². The van der Waals surface area contributed by atoms with Crippen molar-refractivity contribution in [3.05, 3.63) is 90.4 Å². The van der Waals surface area contributed by atoms with Crippen LogP contribution in [-0.2, 0) is 0 Å². The van der Waals surface area contributed by atoms with E-state index < -0.39 is 5.82 Å². The van der Waals surface area contributed by atoms with Gasteiger partial charge in [0.15, 0.2) is 5.65 Å². The standard InChI is InChI=1S/C27H22FN7O/c1-15-9-17(6-7-30-15)25-22(13-20-5-3-4-8-34(20)25)16(2)35-27-23(26(29)31-14-32-27)24(33-35)18-10-19(28)12-21(36)11-18/h3-14,16,36H,1-2H3,(H2,29,31,32). The first-order chi connectivity index (χ1) is 17.4. The zero-order valence-corrected chi connectivity index (χ0v) is 19.6. The Labute approximate surface area is 205 Å². The van der Waals surface area contributed by atoms with Crippen LogP contribution >= 0.6 is 0 Å². The fourth-order valence-electron chi connectivity index (χ4n) is 4.77. The molecule has 0 saturated heterocycles. The smallest absolute Gasteiger partial charge is 0.164 e. The first-order valence-corrected chi connectivity index (χ1v) is 11.4. The molecule has 0 radical (unpaired) electrons. The van der Waals surface area contributed by atoms with Gasteiger partial charge >= 0.3 is 0 Å². The van der Waals surface area contributed by atoms with E-state index in [9.17, 15) is 9.50 Å². The summed E-state index contributed by atoms with van der Waals surface area (Å²) in [5.74, 6) is -0.556. The number of halogens is 1. The number of anilines is 1. The van der Waals surface area contributed by atoms with Gasteiger partial charge in [0.05, 0.1) is 17.1 Å². The van der Waals surface area contributed by atoms with Crippen molar-refractivity contribution in [1.82, 2.24) is 29.1 Å². The Balaban J connectivity index is 1.61. The molecule has 0 saturated carbocycles. The number of pyridine rings is 2. The second kappa shape index (κ2) is 8.16. The van der Waals surface area contributed by atoms with Gasteiger partial charge in [0.25, 0.3) is 0 Å². The number of aryl methyl sites for hydroxylation is 1. The molecule has 3 N–H and O–H groups in total. The first kappa shape index (κ1) is 21.7. The molecule has 0 bridgehead atoms. The lowest BCUT2D eigenvalue weighted by Crippen LogP contribution is -2.10. The van der Waals surface area contributed by atoms with E-state index in [0.29, 0.717) is 22.3 Å². The Hall–Kier alpha value is -4.79. The molecule has 178 valence electrons. The van der Waals surface area contributed by atoms with Crippen molar-refractivity contribution in [2.75, 3.05) is 5.73 Å². The predicted molar refractivity (Wildman–Crippen MR) is 136 cm³/mol. The Bertz CT molecular complexity index is 1750. The lowest BCUT2D eigenvalue weighted by molar-refractivity contribution is 0.469. The number of nitrogens with zero attached hydrogens (tertiary/aromatic N) is 6. The maximum atomic E-state index is 14.2. The fraction of sp³-hybridized carbons (Fsp3) is 0.111. The zero-order chi connectivity index (χ0) is 25.0. The molecule has 1 atom stereocenters. The minimum absolute atomic E-state index is 0.204. The summed E-state index contributed by atoms with van der Waals surface area (Å²) in [6, 6.07) is 15.7. The molecular formula is C27H22FN7O. The highest BCUT2D eigenvalue weighted by Crippen LogP contribution is 2.38. The number of hydrogen-bond donors (Lipinski definition) is 2. The van der Waals surface area contributed by atoms with Gasteiger partial charge in [-0.3, -0.25) is 4.98 Å². The highest BCUT2D eigenvalue weighted by atomic mass is 19.1. The highest BCUT2D eigenvalue weighted by molar-refractivity contribution is 5.98. The Morgan fingerprint density at radius 2 is 1.86 bits per heavy atom. The number of phenols is 1. The van der Waals surface area contributed by atoms with E-state index in [1.165, 1.54) is 18.5 Å². The van der Waals surface area contributed by atoms with Crippen molar-refractivity contribution < 1.29 is 9.50 Å². The van der Waals surface area contributed by atoms with Gasteiger partial charge in [-0.15, -0.1) is 0 Å². The third kappa shape index (κ3) is 3.44. The average molecular weight is 480 g/mol. The first-order valence-electron chi connectivity index (χ1n) is 11.4. The van der Waals surface area contributed by atoms with Crippen LogP contribution in [0.25, 0.3) is 39.1 Å². The summed E-state index contributed by atoms with van der Waals surface area (Å²) in [5.41, 5.74) is 12.5. The summed E-state index contributed by atoms with van der Waals surface area (Å²) < 4.78 is 18.1. The summed E-state index contributed by atoms with van der Waals surface area (Å²) in [6.07, 6.45) is 5.21. The topological polar surface area (TPSA) is 107 Å². The van der Waals surface area contributed by atoms with Crippen molar-refractivity contribution in [2.45, 2.75) is 19.9 Å². The normalized spacial score (nSPS) is 12.4. The molecule has 0 aliphatic heterocycles. The molecule has 0 aliphatic rings. The number of aromatic nitrogens is 6. The largest absolute Gasteiger partial charge is 0.508 e. The summed E-state index contributed by atoms with van der Waals surface area (Å²) in [4.78, 5) is 13.0. The molecule has 1 unspecified atom stereocenters. The molecule has 0 aliphatic carbocycles. The third-order valence-corrected chi connectivity index (χ3v) is 6.37. The van der Waals surface area contributed by atoms with E-state index in [0.717, 1.165) is 34.1 Å². The lowest BCUT2D eigenvalue weighted by atomic mass is 10.0. The van der Waals surface area contributed by atoms with E-state index in [-0.39, 0.29) is 17.6 Å².